The summed E-state index contributed by atoms with van der Waals surface area (Å²) in [6.07, 6.45) is 1.45. The molecular weight excluding hydrogens is 404 g/mol. The quantitative estimate of drug-likeness (QED) is 0.385. The Morgan fingerprint density at radius 3 is 2.72 bits per heavy atom. The Morgan fingerprint density at radius 1 is 1.09 bits per heavy atom. The van der Waals surface area contributed by atoms with Crippen LogP contribution in [0, 0.1) is 20.8 Å². The third-order valence-corrected chi connectivity index (χ3v) is 5.50. The number of ether oxygens (including phenoxy) is 1. The summed E-state index contributed by atoms with van der Waals surface area (Å²) in [4.78, 5) is 16.9. The first kappa shape index (κ1) is 21.2. The number of pyridine rings is 1. The van der Waals surface area contributed by atoms with E-state index in [9.17, 15) is 9.90 Å². The van der Waals surface area contributed by atoms with E-state index in [4.69, 9.17) is 4.74 Å². The lowest BCUT2D eigenvalue weighted by Crippen LogP contribution is -2.16. The van der Waals surface area contributed by atoms with Gasteiger partial charge in [-0.25, -0.2) is 9.78 Å². The van der Waals surface area contributed by atoms with Crippen LogP contribution in [0.5, 0.6) is 5.75 Å². The number of fused-ring (bicyclic) bond motifs is 1. The van der Waals surface area contributed by atoms with Gasteiger partial charge in [-0.05, 0) is 61.7 Å². The molecule has 2 heterocycles. The van der Waals surface area contributed by atoms with Gasteiger partial charge in [-0.2, -0.15) is 0 Å². The Balaban J connectivity index is 1.44. The highest BCUT2D eigenvalue weighted by Gasteiger charge is 2.11. The second-order valence-corrected chi connectivity index (χ2v) is 7.75. The molecule has 1 amide bonds. The third-order valence-electron chi connectivity index (χ3n) is 5.50. The van der Waals surface area contributed by atoms with E-state index in [1.807, 2.05) is 57.3 Å². The van der Waals surface area contributed by atoms with Crippen molar-refractivity contribution in [2.45, 2.75) is 33.9 Å². The number of imidazole rings is 1. The highest BCUT2D eigenvalue weighted by molar-refractivity contribution is 5.86. The molecule has 4 rings (SSSR count). The first-order chi connectivity index (χ1) is 15.4. The maximum Gasteiger partial charge on any atom is 0.411 e. The summed E-state index contributed by atoms with van der Waals surface area (Å²) < 4.78 is 7.37. The average Bonchev–Trinajstić information content (AvgIpc) is 3.05. The topological polar surface area (TPSA) is 87.9 Å². The smallest absolute Gasteiger partial charge is 0.411 e. The van der Waals surface area contributed by atoms with Crippen LogP contribution in [-0.2, 0) is 17.9 Å². The van der Waals surface area contributed by atoms with Crippen LogP contribution in [0.3, 0.4) is 0 Å². The summed E-state index contributed by atoms with van der Waals surface area (Å²) in [6.45, 7) is 6.66. The van der Waals surface area contributed by atoms with Crippen LogP contribution >= 0.6 is 0 Å². The Bertz CT molecular complexity index is 1280. The van der Waals surface area contributed by atoms with Crippen LogP contribution < -0.4 is 10.6 Å². The molecule has 0 radical (unpaired) electrons. The zero-order chi connectivity index (χ0) is 22.7. The molecular formula is C25H26N4O3. The number of hydrogen-bond acceptors (Lipinski definition) is 5. The minimum Gasteiger partial charge on any atom is -0.508 e. The lowest BCUT2D eigenvalue weighted by molar-refractivity contribution is 0.155. The number of aromatic nitrogens is 2. The van der Waals surface area contributed by atoms with Crippen molar-refractivity contribution in [3.8, 4) is 5.75 Å². The lowest BCUT2D eigenvalue weighted by Gasteiger charge is -2.15. The van der Waals surface area contributed by atoms with E-state index in [2.05, 4.69) is 20.0 Å². The van der Waals surface area contributed by atoms with Crippen LogP contribution in [0.15, 0.2) is 60.8 Å². The Labute approximate surface area is 186 Å². The highest BCUT2D eigenvalue weighted by atomic mass is 16.5. The first-order valence-corrected chi connectivity index (χ1v) is 10.4. The summed E-state index contributed by atoms with van der Waals surface area (Å²) in [7, 11) is 0. The van der Waals surface area contributed by atoms with E-state index in [1.165, 1.54) is 0 Å². The zero-order valence-electron chi connectivity index (χ0n) is 18.3. The fourth-order valence-electron chi connectivity index (χ4n) is 3.58. The van der Waals surface area contributed by atoms with Crippen molar-refractivity contribution in [1.82, 2.24) is 9.38 Å². The number of carbonyl (C=O) groups is 1. The number of hydrogen-bond donors (Lipinski definition) is 3. The molecule has 0 bridgehead atoms. The number of rotatable bonds is 6. The summed E-state index contributed by atoms with van der Waals surface area (Å²) >= 11 is 0. The molecule has 3 N–H and O–H groups in total. The van der Waals surface area contributed by atoms with Gasteiger partial charge in [-0.1, -0.05) is 24.3 Å². The zero-order valence-corrected chi connectivity index (χ0v) is 18.3. The van der Waals surface area contributed by atoms with Crippen LogP contribution in [0.2, 0.25) is 0 Å². The maximum atomic E-state index is 12.4. The fraction of sp³-hybridized carbons (Fsp3) is 0.200. The van der Waals surface area contributed by atoms with E-state index in [0.717, 1.165) is 33.8 Å². The van der Waals surface area contributed by atoms with Crippen molar-refractivity contribution in [1.29, 1.82) is 0 Å². The molecule has 7 nitrogen and oxygen atoms in total. The Hall–Kier alpha value is -4.00. The van der Waals surface area contributed by atoms with Crippen LogP contribution in [0.1, 0.15) is 28.1 Å². The molecule has 2 aromatic heterocycles. The number of nitrogens with zero attached hydrogens (tertiary/aromatic N) is 2. The minimum atomic E-state index is -0.551. The van der Waals surface area contributed by atoms with Gasteiger partial charge < -0.3 is 19.6 Å². The number of nitrogens with one attached hydrogen (secondary N) is 2. The third kappa shape index (κ3) is 4.67. The molecule has 0 aliphatic heterocycles. The van der Waals surface area contributed by atoms with Crippen molar-refractivity contribution in [2.75, 3.05) is 10.6 Å². The van der Waals surface area contributed by atoms with Gasteiger partial charge >= 0.3 is 6.09 Å². The van der Waals surface area contributed by atoms with Crippen molar-refractivity contribution >= 4 is 23.1 Å². The minimum absolute atomic E-state index is 0.0722. The molecule has 164 valence electrons. The molecule has 7 heteroatoms. The van der Waals surface area contributed by atoms with Crippen molar-refractivity contribution in [2.24, 2.45) is 0 Å². The number of carbonyl (C=O) groups excluding carboxylic acids is 1. The summed E-state index contributed by atoms with van der Waals surface area (Å²) in [5.74, 6) is 0.136. The van der Waals surface area contributed by atoms with Gasteiger partial charge in [0.2, 0.25) is 0 Å². The molecule has 0 atom stereocenters. The molecule has 0 unspecified atom stereocenters. The standard InChI is InChI=1S/C25H26N4O3/c1-16-6-4-9-23(28-25(31)32-15-19-7-5-8-21(30)12-19)22(16)14-26-20-10-11-29-18(3)17(2)27-24(29)13-20/h4-13,26,30H,14-15H2,1-3H3,(H,28,31). The van der Waals surface area contributed by atoms with E-state index in [0.29, 0.717) is 17.8 Å². The van der Waals surface area contributed by atoms with Gasteiger partial charge in [-0.3, -0.25) is 5.32 Å². The fourth-order valence-corrected chi connectivity index (χ4v) is 3.58. The molecule has 0 saturated carbocycles. The van der Waals surface area contributed by atoms with Crippen molar-refractivity contribution in [3.05, 3.63) is 88.9 Å². The Kier molecular flexibility index (Phi) is 5.98. The van der Waals surface area contributed by atoms with Gasteiger partial charge in [0, 0.05) is 35.9 Å². The van der Waals surface area contributed by atoms with Gasteiger partial charge in [0.25, 0.3) is 0 Å². The number of anilines is 2. The SMILES string of the molecule is Cc1cccc(NC(=O)OCc2cccc(O)c2)c1CNc1ccn2c(C)c(C)nc2c1. The van der Waals surface area contributed by atoms with Gasteiger partial charge in [0.15, 0.2) is 0 Å². The van der Waals surface area contributed by atoms with E-state index >= 15 is 0 Å². The maximum absolute atomic E-state index is 12.4. The van der Waals surface area contributed by atoms with E-state index in [-0.39, 0.29) is 12.4 Å². The number of amides is 1. The predicted molar refractivity (Wildman–Crippen MR) is 125 cm³/mol. The van der Waals surface area contributed by atoms with Crippen molar-refractivity contribution < 1.29 is 14.6 Å². The van der Waals surface area contributed by atoms with Gasteiger partial charge in [0.05, 0.1) is 5.69 Å². The van der Waals surface area contributed by atoms with E-state index < -0.39 is 6.09 Å². The average molecular weight is 431 g/mol. The molecule has 0 aliphatic carbocycles. The normalized spacial score (nSPS) is 10.8. The Morgan fingerprint density at radius 2 is 1.91 bits per heavy atom. The molecule has 0 fully saturated rings. The van der Waals surface area contributed by atoms with Crippen LogP contribution in [-0.4, -0.2) is 20.6 Å². The van der Waals surface area contributed by atoms with Gasteiger partial charge in [0.1, 0.15) is 18.0 Å². The van der Waals surface area contributed by atoms with Gasteiger partial charge in [-0.15, -0.1) is 0 Å². The second kappa shape index (κ2) is 9.01. The molecule has 2 aromatic carbocycles. The molecule has 0 spiro atoms. The monoisotopic (exact) mass is 430 g/mol. The first-order valence-electron chi connectivity index (χ1n) is 10.4. The van der Waals surface area contributed by atoms with Crippen LogP contribution in [0.25, 0.3) is 5.65 Å². The molecule has 0 aliphatic rings. The number of aromatic hydroxyl groups is 1. The number of aryl methyl sites for hydroxylation is 3. The summed E-state index contributed by atoms with van der Waals surface area (Å²) in [6, 6.07) is 16.4. The number of phenolic OH excluding ortho intramolecular Hbond substituents is 1. The molecule has 0 saturated heterocycles. The van der Waals surface area contributed by atoms with Crippen LogP contribution in [0.4, 0.5) is 16.2 Å². The molecule has 4 aromatic rings. The highest BCUT2D eigenvalue weighted by Crippen LogP contribution is 2.23. The van der Waals surface area contributed by atoms with Crippen molar-refractivity contribution in [3.63, 3.8) is 0 Å². The summed E-state index contributed by atoms with van der Waals surface area (Å²) in [5, 5.41) is 15.8. The lowest BCUT2D eigenvalue weighted by atomic mass is 10.1. The largest absolute Gasteiger partial charge is 0.508 e. The number of phenols is 1. The predicted octanol–water partition coefficient (Wildman–Crippen LogP) is 5.33. The second-order valence-electron chi connectivity index (χ2n) is 7.75. The number of benzene rings is 2. The summed E-state index contributed by atoms with van der Waals surface area (Å²) in [5.41, 5.74) is 7.40. The molecule has 32 heavy (non-hydrogen) atoms. The van der Waals surface area contributed by atoms with E-state index in [1.54, 1.807) is 24.3 Å².